The van der Waals surface area contributed by atoms with Crippen LogP contribution in [-0.2, 0) is 9.53 Å². The first-order valence-corrected chi connectivity index (χ1v) is 9.79. The fourth-order valence-electron chi connectivity index (χ4n) is 3.18. The maximum Gasteiger partial charge on any atom is 0.411 e. The molecule has 1 heterocycles. The van der Waals surface area contributed by atoms with Crippen molar-refractivity contribution in [3.63, 3.8) is 0 Å². The quantitative estimate of drug-likeness (QED) is 0.444. The molecule has 0 aliphatic carbocycles. The van der Waals surface area contributed by atoms with Crippen LogP contribution < -0.4 is 10.1 Å². The summed E-state index contributed by atoms with van der Waals surface area (Å²) < 4.78 is 24.9. The molecule has 0 bridgehead atoms. The maximum atomic E-state index is 14.6. The Morgan fingerprint density at radius 2 is 2.17 bits per heavy atom. The van der Waals surface area contributed by atoms with E-state index in [4.69, 9.17) is 9.47 Å². The predicted octanol–water partition coefficient (Wildman–Crippen LogP) is 2.91. The minimum absolute atomic E-state index is 0.00335. The van der Waals surface area contributed by atoms with Gasteiger partial charge >= 0.3 is 6.09 Å². The predicted molar refractivity (Wildman–Crippen MR) is 108 cm³/mol. The Bertz CT molecular complexity index is 798. The van der Waals surface area contributed by atoms with E-state index in [0.717, 1.165) is 12.5 Å². The third-order valence-electron chi connectivity index (χ3n) is 4.65. The lowest BCUT2D eigenvalue weighted by Gasteiger charge is -2.24. The summed E-state index contributed by atoms with van der Waals surface area (Å²) in [5.41, 5.74) is -0.0416. The van der Waals surface area contributed by atoms with Gasteiger partial charge in [-0.15, -0.1) is 0 Å². The van der Waals surface area contributed by atoms with Crippen molar-refractivity contribution in [3.8, 4) is 5.75 Å². The normalized spacial score (nSPS) is 15.6. The zero-order valence-corrected chi connectivity index (χ0v) is 17.0. The van der Waals surface area contributed by atoms with Crippen LogP contribution in [0.5, 0.6) is 5.75 Å². The number of amides is 2. The lowest BCUT2D eigenvalue weighted by molar-refractivity contribution is -0.117. The number of benzene rings is 1. The van der Waals surface area contributed by atoms with Crippen LogP contribution in [0.1, 0.15) is 43.0 Å². The molecule has 164 valence electrons. The number of hydrogen-bond acceptors (Lipinski definition) is 6. The SMILES string of the molecule is C=CCOC(=O)Nc1cc(OCCCC(C)=O)c(F)cc1C(=O)N1CCC[C@H]1CO. The van der Waals surface area contributed by atoms with Gasteiger partial charge in [0.2, 0.25) is 0 Å². The monoisotopic (exact) mass is 422 g/mol. The van der Waals surface area contributed by atoms with Crippen LogP contribution in [0.2, 0.25) is 0 Å². The summed E-state index contributed by atoms with van der Waals surface area (Å²) in [5.74, 6) is -1.44. The second kappa shape index (κ2) is 11.3. The van der Waals surface area contributed by atoms with Gasteiger partial charge in [-0.2, -0.15) is 0 Å². The third kappa shape index (κ3) is 6.28. The van der Waals surface area contributed by atoms with Crippen molar-refractivity contribution in [3.05, 3.63) is 36.2 Å². The highest BCUT2D eigenvalue weighted by Crippen LogP contribution is 2.30. The van der Waals surface area contributed by atoms with Gasteiger partial charge in [0.1, 0.15) is 12.4 Å². The molecule has 2 amide bonds. The molecule has 30 heavy (non-hydrogen) atoms. The van der Waals surface area contributed by atoms with Crippen LogP contribution in [0.15, 0.2) is 24.8 Å². The number of likely N-dealkylation sites (tertiary alicyclic amines) is 1. The third-order valence-corrected chi connectivity index (χ3v) is 4.65. The highest BCUT2D eigenvalue weighted by molar-refractivity contribution is 6.03. The van der Waals surface area contributed by atoms with Crippen molar-refractivity contribution in [2.24, 2.45) is 0 Å². The number of anilines is 1. The summed E-state index contributed by atoms with van der Waals surface area (Å²) in [5, 5.41) is 11.9. The lowest BCUT2D eigenvalue weighted by atomic mass is 10.1. The van der Waals surface area contributed by atoms with Gasteiger partial charge in [0.25, 0.3) is 5.91 Å². The number of nitrogens with zero attached hydrogens (tertiary/aromatic N) is 1. The largest absolute Gasteiger partial charge is 0.490 e. The second-order valence-corrected chi connectivity index (χ2v) is 6.97. The highest BCUT2D eigenvalue weighted by Gasteiger charge is 2.31. The molecule has 9 heteroatoms. The topological polar surface area (TPSA) is 105 Å². The van der Waals surface area contributed by atoms with Crippen molar-refractivity contribution < 1.29 is 33.4 Å². The number of halogens is 1. The standard InChI is InChI=1S/C21H27FN2O6/c1-3-9-30-21(28)23-18-12-19(29-10-5-6-14(2)26)17(22)11-16(18)20(27)24-8-4-7-15(24)13-25/h3,11-12,15,25H,1,4-10,13H2,2H3,(H,23,28)/t15-/m0/s1. The molecule has 8 nitrogen and oxygen atoms in total. The number of Topliss-reactive ketones (excluding diaryl/α,β-unsaturated/α-hetero) is 1. The number of nitrogens with one attached hydrogen (secondary N) is 1. The average molecular weight is 422 g/mol. The van der Waals surface area contributed by atoms with Crippen LogP contribution in [-0.4, -0.2) is 60.2 Å². The first-order chi connectivity index (χ1) is 14.4. The Kier molecular flexibility index (Phi) is 8.79. The zero-order chi connectivity index (χ0) is 22.1. The molecule has 0 radical (unpaired) electrons. The Hall–Kier alpha value is -2.94. The Balaban J connectivity index is 2.27. The molecule has 0 spiro atoms. The van der Waals surface area contributed by atoms with Crippen LogP contribution in [0.3, 0.4) is 0 Å². The van der Waals surface area contributed by atoms with Crippen molar-refractivity contribution in [1.29, 1.82) is 0 Å². The second-order valence-electron chi connectivity index (χ2n) is 6.97. The van der Waals surface area contributed by atoms with Gasteiger partial charge in [0.05, 0.1) is 30.5 Å². The van der Waals surface area contributed by atoms with Crippen LogP contribution in [0, 0.1) is 5.82 Å². The summed E-state index contributed by atoms with van der Waals surface area (Å²) in [6.07, 6.45) is 2.63. The molecule has 1 aliphatic rings. The average Bonchev–Trinajstić information content (AvgIpc) is 3.19. The van der Waals surface area contributed by atoms with Crippen LogP contribution >= 0.6 is 0 Å². The number of hydrogen-bond donors (Lipinski definition) is 2. The molecule has 1 atom stereocenters. The number of carbonyl (C=O) groups excluding carboxylic acids is 3. The van der Waals surface area contributed by atoms with Crippen molar-refractivity contribution in [2.45, 2.75) is 38.6 Å². The molecule has 1 fully saturated rings. The smallest absolute Gasteiger partial charge is 0.411 e. The molecule has 1 saturated heterocycles. The number of carbonyl (C=O) groups is 3. The van der Waals surface area contributed by atoms with Gasteiger partial charge in [-0.3, -0.25) is 10.1 Å². The van der Waals surface area contributed by atoms with Gasteiger partial charge < -0.3 is 24.3 Å². The van der Waals surface area contributed by atoms with Crippen molar-refractivity contribution in [1.82, 2.24) is 4.90 Å². The van der Waals surface area contributed by atoms with E-state index in [2.05, 4.69) is 11.9 Å². The summed E-state index contributed by atoms with van der Waals surface area (Å²) in [6, 6.07) is 1.86. The first kappa shape index (κ1) is 23.3. The first-order valence-electron chi connectivity index (χ1n) is 9.79. The van der Waals surface area contributed by atoms with E-state index in [-0.39, 0.29) is 48.6 Å². The fourth-order valence-corrected chi connectivity index (χ4v) is 3.18. The van der Waals surface area contributed by atoms with Gasteiger partial charge in [0.15, 0.2) is 11.6 Å². The Morgan fingerprint density at radius 3 is 2.83 bits per heavy atom. The summed E-state index contributed by atoms with van der Waals surface area (Å²) in [7, 11) is 0. The molecular formula is C21H27FN2O6. The van der Waals surface area contributed by atoms with Gasteiger partial charge in [0, 0.05) is 19.0 Å². The van der Waals surface area contributed by atoms with E-state index in [1.165, 1.54) is 24.0 Å². The number of aliphatic hydroxyl groups excluding tert-OH is 1. The van der Waals surface area contributed by atoms with Crippen molar-refractivity contribution in [2.75, 3.05) is 31.7 Å². The molecular weight excluding hydrogens is 395 g/mol. The molecule has 2 rings (SSSR count). The summed E-state index contributed by atoms with van der Waals surface area (Å²) in [6.45, 7) is 5.20. The molecule has 2 N–H and O–H groups in total. The number of rotatable bonds is 10. The van der Waals surface area contributed by atoms with Gasteiger partial charge in [-0.05, 0) is 32.3 Å². The van der Waals surface area contributed by atoms with E-state index in [9.17, 15) is 23.9 Å². The molecule has 1 aromatic rings. The molecule has 0 saturated carbocycles. The van der Waals surface area contributed by atoms with Gasteiger partial charge in [-0.1, -0.05) is 12.7 Å². The van der Waals surface area contributed by atoms with E-state index >= 15 is 0 Å². The van der Waals surface area contributed by atoms with Crippen LogP contribution in [0.25, 0.3) is 0 Å². The lowest BCUT2D eigenvalue weighted by Crippen LogP contribution is -2.38. The molecule has 1 aromatic carbocycles. The minimum atomic E-state index is -0.835. The van der Waals surface area contributed by atoms with Crippen LogP contribution in [0.4, 0.5) is 14.9 Å². The Morgan fingerprint density at radius 1 is 1.40 bits per heavy atom. The van der Waals surface area contributed by atoms with E-state index in [1.807, 2.05) is 0 Å². The van der Waals surface area contributed by atoms with E-state index in [0.29, 0.717) is 25.8 Å². The molecule has 1 aliphatic heterocycles. The fraction of sp³-hybridized carbons (Fsp3) is 0.476. The number of aliphatic hydroxyl groups is 1. The number of ketones is 1. The molecule has 0 unspecified atom stereocenters. The summed E-state index contributed by atoms with van der Waals surface area (Å²) in [4.78, 5) is 37.5. The number of ether oxygens (including phenoxy) is 2. The van der Waals surface area contributed by atoms with E-state index < -0.39 is 17.8 Å². The summed E-state index contributed by atoms with van der Waals surface area (Å²) >= 11 is 0. The zero-order valence-electron chi connectivity index (χ0n) is 17.0. The minimum Gasteiger partial charge on any atom is -0.490 e. The van der Waals surface area contributed by atoms with Crippen molar-refractivity contribution >= 4 is 23.5 Å². The van der Waals surface area contributed by atoms with Gasteiger partial charge in [-0.25, -0.2) is 9.18 Å². The highest BCUT2D eigenvalue weighted by atomic mass is 19.1. The Labute approximate surface area is 174 Å². The maximum absolute atomic E-state index is 14.6. The molecule has 0 aromatic heterocycles. The van der Waals surface area contributed by atoms with E-state index in [1.54, 1.807) is 0 Å².